The molecule has 1 saturated heterocycles. The number of hydrogen-bond acceptors (Lipinski definition) is 6. The molecule has 4 rings (SSSR count). The monoisotopic (exact) mass is 407 g/mol. The Bertz CT molecular complexity index is 1040. The summed E-state index contributed by atoms with van der Waals surface area (Å²) in [6, 6.07) is 16.7. The number of phenolic OH excluding ortho intramolecular Hbond substituents is 1. The summed E-state index contributed by atoms with van der Waals surface area (Å²) < 4.78 is 15.8. The van der Waals surface area contributed by atoms with Gasteiger partial charge in [-0.15, -0.1) is 0 Å². The Kier molecular flexibility index (Phi) is 5.88. The van der Waals surface area contributed by atoms with E-state index in [9.17, 15) is 9.90 Å². The molecule has 1 heterocycles. The molecule has 156 valence electrons. The van der Waals surface area contributed by atoms with Gasteiger partial charge in [0.05, 0.1) is 39.0 Å². The van der Waals surface area contributed by atoms with E-state index in [-0.39, 0.29) is 17.8 Å². The molecule has 0 spiro atoms. The minimum absolute atomic E-state index is 0.198. The first-order chi connectivity index (χ1) is 14.6. The van der Waals surface area contributed by atoms with E-state index in [0.29, 0.717) is 18.8 Å². The molecule has 0 amide bonds. The zero-order chi connectivity index (χ0) is 21.1. The topological polar surface area (TPSA) is 68.2 Å². The Hall–Kier alpha value is -3.09. The van der Waals surface area contributed by atoms with Crippen LogP contribution in [0.4, 0.5) is 0 Å². The number of methoxy groups -OCH3 is 2. The van der Waals surface area contributed by atoms with E-state index in [4.69, 9.17) is 14.2 Å². The summed E-state index contributed by atoms with van der Waals surface area (Å²) in [5.41, 5.74) is 2.29. The van der Waals surface area contributed by atoms with E-state index in [1.807, 2.05) is 36.4 Å². The predicted molar refractivity (Wildman–Crippen MR) is 114 cm³/mol. The Morgan fingerprint density at radius 3 is 2.40 bits per heavy atom. The van der Waals surface area contributed by atoms with Crippen molar-refractivity contribution in [3.8, 4) is 11.5 Å². The van der Waals surface area contributed by atoms with Crippen molar-refractivity contribution in [1.29, 1.82) is 0 Å². The van der Waals surface area contributed by atoms with E-state index in [1.54, 1.807) is 25.3 Å². The van der Waals surface area contributed by atoms with Crippen LogP contribution in [0.1, 0.15) is 27.5 Å². The van der Waals surface area contributed by atoms with Crippen molar-refractivity contribution < 1.29 is 24.1 Å². The van der Waals surface area contributed by atoms with Crippen molar-refractivity contribution in [2.24, 2.45) is 0 Å². The fourth-order valence-electron chi connectivity index (χ4n) is 4.04. The van der Waals surface area contributed by atoms with E-state index < -0.39 is 0 Å². The first-order valence-corrected chi connectivity index (χ1v) is 9.92. The molecule has 1 atom stereocenters. The predicted octanol–water partition coefficient (Wildman–Crippen LogP) is 3.76. The minimum Gasteiger partial charge on any atom is -0.508 e. The highest BCUT2D eigenvalue weighted by Crippen LogP contribution is 2.40. The number of aromatic hydroxyl groups is 1. The minimum atomic E-state index is -0.373. The summed E-state index contributed by atoms with van der Waals surface area (Å²) in [5, 5.41) is 12.9. The highest BCUT2D eigenvalue weighted by Gasteiger charge is 2.28. The summed E-state index contributed by atoms with van der Waals surface area (Å²) in [7, 11) is 3.00. The average molecular weight is 407 g/mol. The number of phenols is 1. The van der Waals surface area contributed by atoms with Crippen LogP contribution in [0.15, 0.2) is 54.6 Å². The van der Waals surface area contributed by atoms with Crippen LogP contribution in [0.3, 0.4) is 0 Å². The second-order valence-electron chi connectivity index (χ2n) is 7.25. The second kappa shape index (κ2) is 8.73. The Labute approximate surface area is 175 Å². The normalized spacial score (nSPS) is 15.7. The van der Waals surface area contributed by atoms with Crippen molar-refractivity contribution in [2.75, 3.05) is 40.5 Å². The molecule has 0 saturated carbocycles. The number of rotatable bonds is 5. The maximum absolute atomic E-state index is 11.9. The molecule has 1 fully saturated rings. The zero-order valence-electron chi connectivity index (χ0n) is 17.1. The highest BCUT2D eigenvalue weighted by molar-refractivity contribution is 5.90. The van der Waals surface area contributed by atoms with Crippen LogP contribution in [0.25, 0.3) is 10.8 Å². The number of hydrogen-bond donors (Lipinski definition) is 1. The van der Waals surface area contributed by atoms with Gasteiger partial charge in [-0.05, 0) is 46.7 Å². The Balaban J connectivity index is 1.88. The van der Waals surface area contributed by atoms with Crippen molar-refractivity contribution in [3.63, 3.8) is 0 Å². The first kappa shape index (κ1) is 20.2. The number of esters is 1. The molecule has 1 aliphatic rings. The summed E-state index contributed by atoms with van der Waals surface area (Å²) in [6.07, 6.45) is 0. The SMILES string of the molecule is COC(=O)c1ccc([C@@H](c2c(O)ccc3ccc(OC)cc23)N2CCOCC2)cc1. The van der Waals surface area contributed by atoms with Gasteiger partial charge in [0.25, 0.3) is 0 Å². The van der Waals surface area contributed by atoms with Crippen molar-refractivity contribution in [1.82, 2.24) is 4.90 Å². The third kappa shape index (κ3) is 3.84. The molecule has 0 aromatic heterocycles. The molecule has 6 nitrogen and oxygen atoms in total. The number of carbonyl (C=O) groups excluding carboxylic acids is 1. The quantitative estimate of drug-likeness (QED) is 0.650. The van der Waals surface area contributed by atoms with Crippen molar-refractivity contribution in [3.05, 3.63) is 71.3 Å². The fourth-order valence-corrected chi connectivity index (χ4v) is 4.04. The molecule has 0 bridgehead atoms. The maximum Gasteiger partial charge on any atom is 0.337 e. The molecule has 6 heteroatoms. The Morgan fingerprint density at radius 2 is 1.73 bits per heavy atom. The number of fused-ring (bicyclic) bond motifs is 1. The van der Waals surface area contributed by atoms with Gasteiger partial charge < -0.3 is 19.3 Å². The molecular formula is C24H25NO5. The van der Waals surface area contributed by atoms with Crippen LogP contribution in [0.2, 0.25) is 0 Å². The smallest absolute Gasteiger partial charge is 0.337 e. The third-order valence-electron chi connectivity index (χ3n) is 5.58. The van der Waals surface area contributed by atoms with Crippen LogP contribution in [0.5, 0.6) is 11.5 Å². The highest BCUT2D eigenvalue weighted by atomic mass is 16.5. The number of carbonyl (C=O) groups is 1. The van der Waals surface area contributed by atoms with Gasteiger partial charge in [0.15, 0.2) is 0 Å². The van der Waals surface area contributed by atoms with Crippen LogP contribution >= 0.6 is 0 Å². The molecular weight excluding hydrogens is 382 g/mol. The number of morpholine rings is 1. The molecule has 0 radical (unpaired) electrons. The van der Waals surface area contributed by atoms with Crippen LogP contribution in [-0.2, 0) is 9.47 Å². The van der Waals surface area contributed by atoms with Gasteiger partial charge in [0.1, 0.15) is 11.5 Å². The molecule has 1 aliphatic heterocycles. The van der Waals surface area contributed by atoms with Gasteiger partial charge in [0.2, 0.25) is 0 Å². The van der Waals surface area contributed by atoms with Gasteiger partial charge >= 0.3 is 5.97 Å². The molecule has 0 unspecified atom stereocenters. The van der Waals surface area contributed by atoms with Gasteiger partial charge in [-0.3, -0.25) is 4.90 Å². The van der Waals surface area contributed by atoms with E-state index in [0.717, 1.165) is 40.7 Å². The van der Waals surface area contributed by atoms with Crippen LogP contribution in [-0.4, -0.2) is 56.5 Å². The van der Waals surface area contributed by atoms with E-state index >= 15 is 0 Å². The van der Waals surface area contributed by atoms with Gasteiger partial charge in [-0.2, -0.15) is 0 Å². The summed E-state index contributed by atoms with van der Waals surface area (Å²) in [4.78, 5) is 14.2. The van der Waals surface area contributed by atoms with E-state index in [2.05, 4.69) is 4.90 Å². The van der Waals surface area contributed by atoms with E-state index in [1.165, 1.54) is 7.11 Å². The lowest BCUT2D eigenvalue weighted by molar-refractivity contribution is 0.0238. The first-order valence-electron chi connectivity index (χ1n) is 9.92. The van der Waals surface area contributed by atoms with Crippen molar-refractivity contribution >= 4 is 16.7 Å². The van der Waals surface area contributed by atoms with Crippen LogP contribution in [0, 0.1) is 0 Å². The summed E-state index contributed by atoms with van der Waals surface area (Å²) in [6.45, 7) is 2.74. The fraction of sp³-hybridized carbons (Fsp3) is 0.292. The largest absolute Gasteiger partial charge is 0.508 e. The zero-order valence-corrected chi connectivity index (χ0v) is 17.1. The second-order valence-corrected chi connectivity index (χ2v) is 7.25. The number of nitrogens with zero attached hydrogens (tertiary/aromatic N) is 1. The molecule has 3 aromatic carbocycles. The lowest BCUT2D eigenvalue weighted by Crippen LogP contribution is -2.39. The average Bonchev–Trinajstić information content (AvgIpc) is 2.81. The lowest BCUT2D eigenvalue weighted by Gasteiger charge is -2.36. The lowest BCUT2D eigenvalue weighted by atomic mass is 9.90. The number of benzene rings is 3. The maximum atomic E-state index is 11.9. The molecule has 3 aromatic rings. The number of ether oxygens (including phenoxy) is 3. The molecule has 0 aliphatic carbocycles. The van der Waals surface area contributed by atoms with Gasteiger partial charge in [-0.1, -0.05) is 24.3 Å². The molecule has 30 heavy (non-hydrogen) atoms. The molecule has 1 N–H and O–H groups in total. The van der Waals surface area contributed by atoms with Crippen LogP contribution < -0.4 is 4.74 Å². The van der Waals surface area contributed by atoms with Gasteiger partial charge in [0, 0.05) is 18.7 Å². The van der Waals surface area contributed by atoms with Gasteiger partial charge in [-0.25, -0.2) is 4.79 Å². The standard InChI is InChI=1S/C24H25NO5/c1-28-19-9-7-16-8-10-21(26)22(20(16)15-19)23(25-11-13-30-14-12-25)17-3-5-18(6-4-17)24(27)29-2/h3-10,15,23,26H,11-14H2,1-2H3/t23-/m0/s1. The third-order valence-corrected chi connectivity index (χ3v) is 5.58. The summed E-state index contributed by atoms with van der Waals surface area (Å²) >= 11 is 0. The Morgan fingerprint density at radius 1 is 1.03 bits per heavy atom. The van der Waals surface area contributed by atoms with Crippen molar-refractivity contribution in [2.45, 2.75) is 6.04 Å². The summed E-state index contributed by atoms with van der Waals surface area (Å²) in [5.74, 6) is 0.586.